The van der Waals surface area contributed by atoms with E-state index in [1.54, 1.807) is 25.3 Å². The third kappa shape index (κ3) is 3.37. The first-order chi connectivity index (χ1) is 9.05. The van der Waals surface area contributed by atoms with Crippen LogP contribution in [0.1, 0.15) is 5.56 Å². The second kappa shape index (κ2) is 6.35. The van der Waals surface area contributed by atoms with Crippen LogP contribution in [0.15, 0.2) is 27.3 Å². The molecule has 7 heteroatoms. The van der Waals surface area contributed by atoms with Gasteiger partial charge in [-0.3, -0.25) is 4.79 Å². The van der Waals surface area contributed by atoms with Crippen LogP contribution in [0.4, 0.5) is 0 Å². The van der Waals surface area contributed by atoms with Gasteiger partial charge in [-0.15, -0.1) is 11.8 Å². The summed E-state index contributed by atoms with van der Waals surface area (Å²) in [7, 11) is 1.57. The molecule has 3 nitrogen and oxygen atoms in total. The Bertz CT molecular complexity index is 602. The average Bonchev–Trinajstić information content (AvgIpc) is 2.70. The highest BCUT2D eigenvalue weighted by Crippen LogP contribution is 2.36. The fourth-order valence-electron chi connectivity index (χ4n) is 1.53. The van der Waals surface area contributed by atoms with Crippen LogP contribution in [0, 0.1) is 0 Å². The summed E-state index contributed by atoms with van der Waals surface area (Å²) in [4.78, 5) is 16.1. The second-order valence-electron chi connectivity index (χ2n) is 3.51. The lowest BCUT2D eigenvalue weighted by Gasteiger charge is -2.08. The van der Waals surface area contributed by atoms with Gasteiger partial charge in [-0.25, -0.2) is 4.99 Å². The molecular formula is C12H9BrClNO2S2. The fraction of sp³-hybridized carbons (Fsp3) is 0.167. The van der Waals surface area contributed by atoms with E-state index in [1.807, 2.05) is 6.26 Å². The lowest BCUT2D eigenvalue weighted by molar-refractivity contribution is -0.107. The zero-order valence-electron chi connectivity index (χ0n) is 10.1. The van der Waals surface area contributed by atoms with Gasteiger partial charge in [0.25, 0.3) is 0 Å². The average molecular weight is 379 g/mol. The van der Waals surface area contributed by atoms with Gasteiger partial charge in [0.1, 0.15) is 15.8 Å². The number of nitrogens with zero attached hydrogens (tertiary/aromatic N) is 1. The number of hydrogen-bond acceptors (Lipinski definition) is 5. The molecule has 0 saturated carbocycles. The third-order valence-corrected chi connectivity index (χ3v) is 4.97. The minimum atomic E-state index is -0.0671. The molecule has 1 aliphatic rings. The Hall–Kier alpha value is -0.430. The van der Waals surface area contributed by atoms with Crippen LogP contribution in [0.5, 0.6) is 5.75 Å². The van der Waals surface area contributed by atoms with Crippen molar-refractivity contribution in [3.63, 3.8) is 0 Å². The van der Waals surface area contributed by atoms with Gasteiger partial charge in [-0.1, -0.05) is 11.6 Å². The quantitative estimate of drug-likeness (QED) is 0.713. The Morgan fingerprint density at radius 3 is 2.84 bits per heavy atom. The Morgan fingerprint density at radius 2 is 2.26 bits per heavy atom. The molecular weight excluding hydrogens is 370 g/mol. The maximum Gasteiger partial charge on any atom is 0.244 e. The molecule has 0 unspecified atom stereocenters. The highest BCUT2D eigenvalue weighted by molar-refractivity contribution is 9.10. The highest BCUT2D eigenvalue weighted by Gasteiger charge is 2.22. The van der Waals surface area contributed by atoms with Gasteiger partial charge in [0.05, 0.1) is 11.6 Å². The second-order valence-corrected chi connectivity index (χ2v) is 6.82. The van der Waals surface area contributed by atoms with Gasteiger partial charge in [-0.05, 0) is 52.2 Å². The van der Waals surface area contributed by atoms with Gasteiger partial charge in [0.15, 0.2) is 0 Å². The molecule has 0 atom stereocenters. The topological polar surface area (TPSA) is 38.7 Å². The number of hydrogen-bond donors (Lipinski definition) is 0. The summed E-state index contributed by atoms with van der Waals surface area (Å²) >= 11 is 12.0. The van der Waals surface area contributed by atoms with E-state index in [0.717, 1.165) is 26.2 Å². The number of rotatable bonds is 2. The molecule has 19 heavy (non-hydrogen) atoms. The number of carbonyl (C=O) groups excluding carboxylic acids is 1. The molecule has 100 valence electrons. The monoisotopic (exact) mass is 377 g/mol. The lowest BCUT2D eigenvalue weighted by atomic mass is 10.1. The summed E-state index contributed by atoms with van der Waals surface area (Å²) in [6.45, 7) is 0. The van der Waals surface area contributed by atoms with E-state index in [1.165, 1.54) is 11.8 Å². The Kier molecular flexibility index (Phi) is 5.00. The van der Waals surface area contributed by atoms with Crippen LogP contribution in [0.25, 0.3) is 6.08 Å². The SMILES string of the molecule is COc1c(Br)cc(Cl)cc1C=C1N=C(SC)SC1=O. The summed E-state index contributed by atoms with van der Waals surface area (Å²) < 4.78 is 6.79. The smallest absolute Gasteiger partial charge is 0.244 e. The number of benzene rings is 1. The zero-order chi connectivity index (χ0) is 14.0. The van der Waals surface area contributed by atoms with Gasteiger partial charge >= 0.3 is 0 Å². The number of halogens is 2. The predicted octanol–water partition coefficient (Wildman–Crippen LogP) is 4.44. The van der Waals surface area contributed by atoms with Crippen molar-refractivity contribution >= 4 is 66.6 Å². The van der Waals surface area contributed by atoms with Gasteiger partial charge in [0.2, 0.25) is 5.12 Å². The predicted molar refractivity (Wildman–Crippen MR) is 87.2 cm³/mol. The molecule has 0 amide bonds. The van der Waals surface area contributed by atoms with Crippen molar-refractivity contribution < 1.29 is 9.53 Å². The first kappa shape index (κ1) is 15.0. The first-order valence-electron chi connectivity index (χ1n) is 5.14. The van der Waals surface area contributed by atoms with E-state index >= 15 is 0 Å². The molecule has 1 heterocycles. The van der Waals surface area contributed by atoms with Gasteiger partial charge in [-0.2, -0.15) is 0 Å². The Morgan fingerprint density at radius 1 is 1.53 bits per heavy atom. The summed E-state index contributed by atoms with van der Waals surface area (Å²) in [6, 6.07) is 3.48. The maximum atomic E-state index is 11.8. The van der Waals surface area contributed by atoms with Gasteiger partial charge < -0.3 is 4.74 Å². The summed E-state index contributed by atoms with van der Waals surface area (Å²) in [5.41, 5.74) is 1.12. The number of thioether (sulfide) groups is 2. The standard InChI is InChI=1S/C12H9BrClNO2S2/c1-17-10-6(3-7(14)5-8(10)13)4-9-11(16)19-12(15-9)18-2/h3-5H,1-2H3. The van der Waals surface area contributed by atoms with Crippen LogP contribution in [-0.2, 0) is 4.79 Å². The van der Waals surface area contributed by atoms with Gasteiger partial charge in [0, 0.05) is 10.6 Å². The molecule has 1 aliphatic heterocycles. The molecule has 0 spiro atoms. The largest absolute Gasteiger partial charge is 0.495 e. The number of aliphatic imine (C=N–C) groups is 1. The number of ether oxygens (including phenoxy) is 1. The zero-order valence-corrected chi connectivity index (χ0v) is 14.0. The number of carbonyl (C=O) groups is 1. The van der Waals surface area contributed by atoms with Crippen LogP contribution < -0.4 is 4.74 Å². The Labute approximate surface area is 133 Å². The minimum absolute atomic E-state index is 0.0671. The van der Waals surface area contributed by atoms with Crippen LogP contribution in [0.2, 0.25) is 5.02 Å². The van der Waals surface area contributed by atoms with Crippen molar-refractivity contribution in [2.45, 2.75) is 0 Å². The van der Waals surface area contributed by atoms with E-state index in [0.29, 0.717) is 16.5 Å². The molecule has 1 aromatic carbocycles. The summed E-state index contributed by atoms with van der Waals surface area (Å²) in [5, 5.41) is 0.495. The number of methoxy groups -OCH3 is 1. The molecule has 0 aromatic heterocycles. The first-order valence-corrected chi connectivity index (χ1v) is 8.36. The van der Waals surface area contributed by atoms with Crippen molar-refractivity contribution in [1.29, 1.82) is 0 Å². The maximum absolute atomic E-state index is 11.8. The van der Waals surface area contributed by atoms with Crippen molar-refractivity contribution in [3.05, 3.63) is 32.9 Å². The summed E-state index contributed by atoms with van der Waals surface area (Å²) in [5.74, 6) is 0.627. The van der Waals surface area contributed by atoms with E-state index < -0.39 is 0 Å². The fourth-order valence-corrected chi connectivity index (χ4v) is 3.78. The normalized spacial score (nSPS) is 16.9. The molecule has 1 aromatic rings. The summed E-state index contributed by atoms with van der Waals surface area (Å²) in [6.07, 6.45) is 3.58. The van der Waals surface area contributed by atoms with E-state index in [-0.39, 0.29) is 5.12 Å². The molecule has 0 N–H and O–H groups in total. The third-order valence-electron chi connectivity index (χ3n) is 2.31. The molecule has 0 saturated heterocycles. The molecule has 2 rings (SSSR count). The van der Waals surface area contributed by atoms with Crippen molar-refractivity contribution in [1.82, 2.24) is 0 Å². The van der Waals surface area contributed by atoms with Crippen molar-refractivity contribution in [2.75, 3.05) is 13.4 Å². The highest BCUT2D eigenvalue weighted by atomic mass is 79.9. The van der Waals surface area contributed by atoms with E-state index in [4.69, 9.17) is 16.3 Å². The van der Waals surface area contributed by atoms with Crippen molar-refractivity contribution in [2.24, 2.45) is 4.99 Å². The van der Waals surface area contributed by atoms with E-state index in [2.05, 4.69) is 20.9 Å². The Balaban J connectivity index is 2.49. The van der Waals surface area contributed by atoms with Crippen LogP contribution in [0.3, 0.4) is 0 Å². The minimum Gasteiger partial charge on any atom is -0.495 e. The molecule has 0 bridgehead atoms. The van der Waals surface area contributed by atoms with E-state index in [9.17, 15) is 4.79 Å². The molecule has 0 aliphatic carbocycles. The van der Waals surface area contributed by atoms with Crippen LogP contribution in [-0.4, -0.2) is 22.9 Å². The molecule has 0 fully saturated rings. The molecule has 0 radical (unpaired) electrons. The van der Waals surface area contributed by atoms with Crippen molar-refractivity contribution in [3.8, 4) is 5.75 Å². The van der Waals surface area contributed by atoms with Crippen LogP contribution >= 0.6 is 51.1 Å². The lowest BCUT2D eigenvalue weighted by Crippen LogP contribution is -1.92.